The highest BCUT2D eigenvalue weighted by Gasteiger charge is 2.21. The van der Waals surface area contributed by atoms with Gasteiger partial charge in [-0.25, -0.2) is 15.0 Å². The fourth-order valence-corrected chi connectivity index (χ4v) is 10.2. The number of hydrogen-bond acceptors (Lipinski definition) is 3. The first-order chi connectivity index (χ1) is 30.7. The van der Waals surface area contributed by atoms with Gasteiger partial charge in [0.1, 0.15) is 0 Å². The SMILES string of the molecule is c1ccc(-c2nc(-c3ccc(-c4cc5c6ccccc6n6c7ccccc7c(c4)c56)cc3)nc(-c3ccc(-c4cc5c6ccccc6n6c7ccccc7c(c4)c56)cc3)n2)cc1. The van der Waals surface area contributed by atoms with Crippen molar-refractivity contribution in [1.82, 2.24) is 23.8 Å². The van der Waals surface area contributed by atoms with E-state index >= 15 is 0 Å². The van der Waals surface area contributed by atoms with Gasteiger partial charge in [-0.2, -0.15) is 0 Å². The molecule has 0 radical (unpaired) electrons. The van der Waals surface area contributed by atoms with Gasteiger partial charge in [-0.05, 0) is 70.8 Å². The summed E-state index contributed by atoms with van der Waals surface area (Å²) in [5, 5.41) is 10.2. The zero-order valence-corrected chi connectivity index (χ0v) is 33.3. The minimum Gasteiger partial charge on any atom is -0.308 e. The van der Waals surface area contributed by atoms with E-state index < -0.39 is 0 Å². The summed E-state index contributed by atoms with van der Waals surface area (Å²) in [6.07, 6.45) is 0. The maximum absolute atomic E-state index is 5.13. The Morgan fingerprint density at radius 2 is 0.500 bits per heavy atom. The maximum Gasteiger partial charge on any atom is 0.164 e. The van der Waals surface area contributed by atoms with Crippen LogP contribution in [0.5, 0.6) is 0 Å². The number of hydrogen-bond donors (Lipinski definition) is 0. The Morgan fingerprint density at radius 1 is 0.226 bits per heavy atom. The summed E-state index contributed by atoms with van der Waals surface area (Å²) in [6, 6.07) is 71.8. The molecule has 0 fully saturated rings. The van der Waals surface area contributed by atoms with E-state index in [0.717, 1.165) is 27.8 Å². The zero-order valence-electron chi connectivity index (χ0n) is 33.3. The number of aromatic nitrogens is 5. The summed E-state index contributed by atoms with van der Waals surface area (Å²) >= 11 is 0. The molecule has 9 aromatic carbocycles. The molecule has 0 unspecified atom stereocenters. The third-order valence-electron chi connectivity index (χ3n) is 13.0. The van der Waals surface area contributed by atoms with E-state index in [4.69, 9.17) is 15.0 Å². The van der Waals surface area contributed by atoms with E-state index in [-0.39, 0.29) is 0 Å². The van der Waals surface area contributed by atoms with Crippen molar-refractivity contribution in [1.29, 1.82) is 0 Å². The van der Waals surface area contributed by atoms with Crippen LogP contribution in [-0.4, -0.2) is 23.8 Å². The molecule has 0 atom stereocenters. The molecule has 0 amide bonds. The number of rotatable bonds is 5. The highest BCUT2D eigenvalue weighted by molar-refractivity contribution is 6.25. The van der Waals surface area contributed by atoms with Crippen LogP contribution in [0.2, 0.25) is 0 Å². The van der Waals surface area contributed by atoms with Gasteiger partial charge in [0.15, 0.2) is 17.5 Å². The summed E-state index contributed by atoms with van der Waals surface area (Å²) in [6.45, 7) is 0. The molecule has 5 aromatic heterocycles. The van der Waals surface area contributed by atoms with E-state index in [1.807, 2.05) is 18.2 Å². The average molecular weight is 788 g/mol. The minimum absolute atomic E-state index is 0.638. The molecule has 0 N–H and O–H groups in total. The molecule has 14 aromatic rings. The standard InChI is InChI=1S/C57H33N5/c1-2-12-36(13-3-1)55-58-56(37-26-22-34(23-27-37)39-30-45-41-14-4-8-18-49(41)61-50-19-9-5-15-42(50)46(31-39)53(45)61)60-57(59-55)38-28-24-35(25-29-38)40-32-47-43-16-6-10-20-51(43)62-52-21-11-7-17-44(52)48(33-40)54(47)62/h1-33H. The number of benzene rings is 9. The van der Waals surface area contributed by atoms with E-state index in [2.05, 4.69) is 191 Å². The monoisotopic (exact) mass is 787 g/mol. The molecular weight excluding hydrogens is 755 g/mol. The fourth-order valence-electron chi connectivity index (χ4n) is 10.2. The van der Waals surface area contributed by atoms with Crippen molar-refractivity contribution in [2.45, 2.75) is 0 Å². The van der Waals surface area contributed by atoms with Gasteiger partial charge < -0.3 is 8.80 Å². The summed E-state index contributed by atoms with van der Waals surface area (Å²) in [7, 11) is 0. The molecule has 0 aliphatic heterocycles. The Morgan fingerprint density at radius 3 is 0.839 bits per heavy atom. The van der Waals surface area contributed by atoms with Gasteiger partial charge in [0.05, 0.1) is 33.1 Å². The van der Waals surface area contributed by atoms with Crippen molar-refractivity contribution in [2.24, 2.45) is 0 Å². The Balaban J connectivity index is 0.867. The van der Waals surface area contributed by atoms with Crippen LogP contribution in [0.3, 0.4) is 0 Å². The molecule has 0 saturated heterocycles. The van der Waals surface area contributed by atoms with Crippen molar-refractivity contribution in [2.75, 3.05) is 0 Å². The predicted octanol–water partition coefficient (Wildman–Crippen LogP) is 14.5. The van der Waals surface area contributed by atoms with Gasteiger partial charge in [-0.1, -0.05) is 152 Å². The van der Waals surface area contributed by atoms with Crippen molar-refractivity contribution in [3.8, 4) is 56.4 Å². The van der Waals surface area contributed by atoms with E-state index in [1.54, 1.807) is 0 Å². The van der Waals surface area contributed by atoms with Gasteiger partial charge in [0, 0.05) is 59.8 Å². The quantitative estimate of drug-likeness (QED) is 0.175. The molecule has 5 heterocycles. The van der Waals surface area contributed by atoms with Gasteiger partial charge in [-0.15, -0.1) is 0 Å². The lowest BCUT2D eigenvalue weighted by molar-refractivity contribution is 1.07. The van der Waals surface area contributed by atoms with Crippen molar-refractivity contribution >= 4 is 76.2 Å². The highest BCUT2D eigenvalue weighted by atomic mass is 15.0. The Bertz CT molecular complexity index is 3660. The zero-order chi connectivity index (χ0) is 40.5. The second-order valence-corrected chi connectivity index (χ2v) is 16.4. The van der Waals surface area contributed by atoms with Crippen molar-refractivity contribution in [3.63, 3.8) is 0 Å². The second-order valence-electron chi connectivity index (χ2n) is 16.4. The molecule has 5 heteroatoms. The van der Waals surface area contributed by atoms with Crippen LogP contribution in [0, 0.1) is 0 Å². The molecule has 0 spiro atoms. The molecule has 0 saturated carbocycles. The molecule has 0 aliphatic rings. The molecule has 0 bridgehead atoms. The molecule has 0 aliphatic carbocycles. The first kappa shape index (κ1) is 33.4. The van der Waals surface area contributed by atoms with Crippen LogP contribution in [0.1, 0.15) is 0 Å². The van der Waals surface area contributed by atoms with Gasteiger partial charge in [0.25, 0.3) is 0 Å². The van der Waals surface area contributed by atoms with Crippen molar-refractivity contribution < 1.29 is 0 Å². The highest BCUT2D eigenvalue weighted by Crippen LogP contribution is 2.43. The number of para-hydroxylation sites is 4. The van der Waals surface area contributed by atoms with Crippen LogP contribution in [0.4, 0.5) is 0 Å². The molecule has 14 rings (SSSR count). The maximum atomic E-state index is 5.13. The first-order valence-corrected chi connectivity index (χ1v) is 21.1. The van der Waals surface area contributed by atoms with Crippen LogP contribution in [0.25, 0.3) is 133 Å². The molecule has 62 heavy (non-hydrogen) atoms. The lowest BCUT2D eigenvalue weighted by atomic mass is 9.98. The predicted molar refractivity (Wildman–Crippen MR) is 256 cm³/mol. The Hall–Kier alpha value is -8.41. The molecular formula is C57H33N5. The second kappa shape index (κ2) is 12.6. The lowest BCUT2D eigenvalue weighted by Gasteiger charge is -2.10. The van der Waals surface area contributed by atoms with Gasteiger partial charge >= 0.3 is 0 Å². The third-order valence-corrected chi connectivity index (χ3v) is 13.0. The van der Waals surface area contributed by atoms with Gasteiger partial charge in [0.2, 0.25) is 0 Å². The number of nitrogens with zero attached hydrogens (tertiary/aromatic N) is 5. The Kier molecular flexibility index (Phi) is 6.77. The smallest absolute Gasteiger partial charge is 0.164 e. The van der Waals surface area contributed by atoms with E-state index in [0.29, 0.717) is 17.5 Å². The van der Waals surface area contributed by atoms with Crippen LogP contribution < -0.4 is 0 Å². The summed E-state index contributed by atoms with van der Waals surface area (Å²) < 4.78 is 4.85. The lowest BCUT2D eigenvalue weighted by Crippen LogP contribution is -2.00. The average Bonchev–Trinajstić information content (AvgIpc) is 4.08. The molecule has 286 valence electrons. The fraction of sp³-hybridized carbons (Fsp3) is 0. The van der Waals surface area contributed by atoms with Crippen LogP contribution in [-0.2, 0) is 0 Å². The number of fused-ring (bicyclic) bond motifs is 12. The van der Waals surface area contributed by atoms with E-state index in [9.17, 15) is 0 Å². The summed E-state index contributed by atoms with van der Waals surface area (Å²) in [5.41, 5.74) is 15.0. The topological polar surface area (TPSA) is 47.5 Å². The summed E-state index contributed by atoms with van der Waals surface area (Å²) in [5.74, 6) is 1.92. The van der Waals surface area contributed by atoms with Gasteiger partial charge in [-0.3, -0.25) is 0 Å². The van der Waals surface area contributed by atoms with Crippen molar-refractivity contribution in [3.05, 3.63) is 200 Å². The van der Waals surface area contributed by atoms with Crippen LogP contribution >= 0.6 is 0 Å². The largest absolute Gasteiger partial charge is 0.308 e. The Labute approximate surface area is 355 Å². The normalized spacial score (nSPS) is 12.2. The van der Waals surface area contributed by atoms with E-state index in [1.165, 1.54) is 87.3 Å². The van der Waals surface area contributed by atoms with Crippen LogP contribution in [0.15, 0.2) is 200 Å². The third kappa shape index (κ3) is 4.70. The first-order valence-electron chi connectivity index (χ1n) is 21.1. The minimum atomic E-state index is 0.638. The summed E-state index contributed by atoms with van der Waals surface area (Å²) in [4.78, 5) is 15.2. The molecule has 5 nitrogen and oxygen atoms in total.